The number of amides is 1. The van der Waals surface area contributed by atoms with Crippen molar-refractivity contribution in [2.45, 2.75) is 5.75 Å². The van der Waals surface area contributed by atoms with E-state index in [4.69, 9.17) is 4.42 Å². The van der Waals surface area contributed by atoms with E-state index in [9.17, 15) is 13.2 Å². The zero-order chi connectivity index (χ0) is 23.3. The van der Waals surface area contributed by atoms with Gasteiger partial charge in [0, 0.05) is 17.8 Å². The Hall–Kier alpha value is -3.53. The van der Waals surface area contributed by atoms with Crippen molar-refractivity contribution in [2.24, 2.45) is 0 Å². The van der Waals surface area contributed by atoms with Gasteiger partial charge >= 0.3 is 0 Å². The molecule has 0 bridgehead atoms. The maximum absolute atomic E-state index is 13.1. The molecule has 0 aliphatic carbocycles. The van der Waals surface area contributed by atoms with Gasteiger partial charge in [-0.1, -0.05) is 48.5 Å². The van der Waals surface area contributed by atoms with E-state index in [1.165, 1.54) is 17.4 Å². The molecule has 0 unspecified atom stereocenters. The van der Waals surface area contributed by atoms with Gasteiger partial charge in [0.15, 0.2) is 10.8 Å². The molecule has 33 heavy (non-hydrogen) atoms. The molecule has 4 aromatic rings. The summed E-state index contributed by atoms with van der Waals surface area (Å²) in [4.78, 5) is 18.2. The molecular weight excluding hydrogens is 458 g/mol. The van der Waals surface area contributed by atoms with E-state index in [2.05, 4.69) is 21.6 Å². The van der Waals surface area contributed by atoms with Crippen molar-refractivity contribution >= 4 is 33.0 Å². The van der Waals surface area contributed by atoms with Crippen molar-refractivity contribution in [3.8, 4) is 22.0 Å². The number of rotatable bonds is 9. The third-order valence-electron chi connectivity index (χ3n) is 4.63. The Bertz CT molecular complexity index is 1340. The smallest absolute Gasteiger partial charge is 0.268 e. The number of nitrogens with zero attached hydrogens (tertiary/aromatic N) is 1. The molecule has 0 radical (unpaired) electrons. The van der Waals surface area contributed by atoms with E-state index >= 15 is 0 Å². The normalized spacial score (nSPS) is 11.3. The molecule has 9 heteroatoms. The molecule has 0 saturated heterocycles. The fourth-order valence-electron chi connectivity index (χ4n) is 3.10. The average molecular weight is 480 g/mol. The summed E-state index contributed by atoms with van der Waals surface area (Å²) in [5, 5.41) is 3.48. The number of nitrogens with one attached hydrogen (secondary N) is 2. The zero-order valence-electron chi connectivity index (χ0n) is 17.5. The minimum atomic E-state index is -3.45. The first-order chi connectivity index (χ1) is 15.9. The molecular formula is C24H21N3O4S2. The number of benzene rings is 2. The lowest BCUT2D eigenvalue weighted by Gasteiger charge is -2.08. The number of aromatic nitrogens is 1. The number of hydrogen-bond donors (Lipinski definition) is 2. The first-order valence-corrected chi connectivity index (χ1v) is 12.5. The summed E-state index contributed by atoms with van der Waals surface area (Å²) < 4.78 is 32.0. The van der Waals surface area contributed by atoms with Crippen molar-refractivity contribution < 1.29 is 17.6 Å². The number of sulfonamides is 1. The summed E-state index contributed by atoms with van der Waals surface area (Å²) in [5.74, 6) is 0.123. The van der Waals surface area contributed by atoms with Gasteiger partial charge in [-0.15, -0.1) is 17.9 Å². The number of furan rings is 1. The standard InChI is InChI=1S/C24H21N3O4S2/c1-2-14-25-33(29,30)16-17-10-12-19(13-11-17)26-23(28)22-21(18-7-4-3-5-8-18)27-24(32-22)20-9-6-15-31-20/h2-13,15,25H,1,14,16H2,(H,26,28). The number of carbonyl (C=O) groups is 1. The van der Waals surface area contributed by atoms with Crippen LogP contribution >= 0.6 is 11.3 Å². The van der Waals surface area contributed by atoms with Crippen molar-refractivity contribution in [1.29, 1.82) is 0 Å². The van der Waals surface area contributed by atoms with E-state index in [-0.39, 0.29) is 18.2 Å². The lowest BCUT2D eigenvalue weighted by Crippen LogP contribution is -2.25. The second-order valence-electron chi connectivity index (χ2n) is 7.09. The fourth-order valence-corrected chi connectivity index (χ4v) is 5.16. The summed E-state index contributed by atoms with van der Waals surface area (Å²) in [6.45, 7) is 3.68. The van der Waals surface area contributed by atoms with Gasteiger partial charge in [-0.3, -0.25) is 4.79 Å². The molecule has 0 fully saturated rings. The molecule has 2 aromatic carbocycles. The summed E-state index contributed by atoms with van der Waals surface area (Å²) in [6, 6.07) is 19.7. The SMILES string of the molecule is C=CCNS(=O)(=O)Cc1ccc(NC(=O)c2sc(-c3ccco3)nc2-c2ccccc2)cc1. The number of carbonyl (C=O) groups excluding carboxylic acids is 1. The summed E-state index contributed by atoms with van der Waals surface area (Å²) in [7, 11) is -3.45. The minimum Gasteiger partial charge on any atom is -0.462 e. The Kier molecular flexibility index (Phi) is 6.83. The summed E-state index contributed by atoms with van der Waals surface area (Å²) in [6.07, 6.45) is 3.05. The van der Waals surface area contributed by atoms with Gasteiger partial charge in [-0.25, -0.2) is 18.1 Å². The first-order valence-electron chi connectivity index (χ1n) is 10.0. The molecule has 0 aliphatic rings. The predicted octanol–water partition coefficient (Wildman–Crippen LogP) is 4.93. The van der Waals surface area contributed by atoms with E-state index < -0.39 is 10.0 Å². The van der Waals surface area contributed by atoms with Crippen LogP contribution in [-0.4, -0.2) is 25.9 Å². The number of anilines is 1. The van der Waals surface area contributed by atoms with Gasteiger partial charge < -0.3 is 9.73 Å². The van der Waals surface area contributed by atoms with Crippen LogP contribution in [0.15, 0.2) is 90.1 Å². The lowest BCUT2D eigenvalue weighted by atomic mass is 10.1. The number of hydrogen-bond acceptors (Lipinski definition) is 6. The van der Waals surface area contributed by atoms with Gasteiger partial charge in [0.05, 0.1) is 17.7 Å². The lowest BCUT2D eigenvalue weighted by molar-refractivity contribution is 0.103. The third-order valence-corrected chi connectivity index (χ3v) is 7.02. The highest BCUT2D eigenvalue weighted by Gasteiger charge is 2.21. The predicted molar refractivity (Wildman–Crippen MR) is 130 cm³/mol. The molecule has 4 rings (SSSR count). The molecule has 2 N–H and O–H groups in total. The van der Waals surface area contributed by atoms with Crippen LogP contribution in [0.3, 0.4) is 0 Å². The maximum Gasteiger partial charge on any atom is 0.268 e. The molecule has 7 nitrogen and oxygen atoms in total. The topological polar surface area (TPSA) is 101 Å². The Morgan fingerprint density at radius 1 is 1.06 bits per heavy atom. The fraction of sp³-hybridized carbons (Fsp3) is 0.0833. The highest BCUT2D eigenvalue weighted by atomic mass is 32.2. The molecule has 0 spiro atoms. The van der Waals surface area contributed by atoms with Crippen LogP contribution in [0.1, 0.15) is 15.2 Å². The Morgan fingerprint density at radius 3 is 2.48 bits per heavy atom. The van der Waals surface area contributed by atoms with Crippen LogP contribution in [-0.2, 0) is 15.8 Å². The van der Waals surface area contributed by atoms with E-state index in [0.717, 1.165) is 5.56 Å². The summed E-state index contributed by atoms with van der Waals surface area (Å²) >= 11 is 1.25. The zero-order valence-corrected chi connectivity index (χ0v) is 19.2. The van der Waals surface area contributed by atoms with Crippen LogP contribution in [0, 0.1) is 0 Å². The largest absolute Gasteiger partial charge is 0.462 e. The first kappa shape index (κ1) is 22.7. The van der Waals surface area contributed by atoms with Crippen molar-refractivity contribution in [3.63, 3.8) is 0 Å². The van der Waals surface area contributed by atoms with Crippen LogP contribution in [0.25, 0.3) is 22.0 Å². The van der Waals surface area contributed by atoms with Crippen molar-refractivity contribution in [1.82, 2.24) is 9.71 Å². The van der Waals surface area contributed by atoms with Crippen LogP contribution in [0.5, 0.6) is 0 Å². The van der Waals surface area contributed by atoms with Crippen LogP contribution in [0.4, 0.5) is 5.69 Å². The molecule has 1 amide bonds. The maximum atomic E-state index is 13.1. The third kappa shape index (κ3) is 5.64. The van der Waals surface area contributed by atoms with Gasteiger partial charge in [0.2, 0.25) is 10.0 Å². The minimum absolute atomic E-state index is 0.158. The Labute approximate surface area is 195 Å². The van der Waals surface area contributed by atoms with Gasteiger partial charge in [-0.2, -0.15) is 0 Å². The quantitative estimate of drug-likeness (QED) is 0.332. The van der Waals surface area contributed by atoms with Crippen LogP contribution in [0.2, 0.25) is 0 Å². The Morgan fingerprint density at radius 2 is 1.82 bits per heavy atom. The van der Waals surface area contributed by atoms with Crippen LogP contribution < -0.4 is 10.0 Å². The van der Waals surface area contributed by atoms with E-state index in [1.807, 2.05) is 30.3 Å². The average Bonchev–Trinajstić information content (AvgIpc) is 3.50. The highest BCUT2D eigenvalue weighted by Crippen LogP contribution is 2.34. The second kappa shape index (κ2) is 9.95. The van der Waals surface area contributed by atoms with E-state index in [1.54, 1.807) is 42.7 Å². The van der Waals surface area contributed by atoms with Gasteiger partial charge in [-0.05, 0) is 29.8 Å². The molecule has 168 valence electrons. The molecule has 2 heterocycles. The molecule has 0 aliphatic heterocycles. The molecule has 0 atom stereocenters. The highest BCUT2D eigenvalue weighted by molar-refractivity contribution is 7.88. The van der Waals surface area contributed by atoms with Gasteiger partial charge in [0.1, 0.15) is 4.88 Å². The number of thiazole rings is 1. The molecule has 0 saturated carbocycles. The monoisotopic (exact) mass is 479 g/mol. The molecule has 2 aromatic heterocycles. The van der Waals surface area contributed by atoms with Crippen molar-refractivity contribution in [3.05, 3.63) is 96.1 Å². The van der Waals surface area contributed by atoms with Gasteiger partial charge in [0.25, 0.3) is 5.91 Å². The van der Waals surface area contributed by atoms with Crippen molar-refractivity contribution in [2.75, 3.05) is 11.9 Å². The summed E-state index contributed by atoms with van der Waals surface area (Å²) in [5.41, 5.74) is 2.55. The second-order valence-corrected chi connectivity index (χ2v) is 9.89. The van der Waals surface area contributed by atoms with E-state index in [0.29, 0.717) is 32.6 Å². The Balaban J connectivity index is 1.55.